The number of hydrogen-bond donors (Lipinski definition) is 1. The number of aliphatic carboxylic acids is 1. The summed E-state index contributed by atoms with van der Waals surface area (Å²) in [5.41, 5.74) is 0.633. The van der Waals surface area contributed by atoms with E-state index in [0.717, 1.165) is 11.4 Å². The molecule has 0 bridgehead atoms. The molecule has 0 unspecified atom stereocenters. The van der Waals surface area contributed by atoms with Gasteiger partial charge in [-0.2, -0.15) is 5.10 Å². The van der Waals surface area contributed by atoms with Crippen LogP contribution in [0, 0.1) is 6.92 Å². The van der Waals surface area contributed by atoms with Gasteiger partial charge in [0.15, 0.2) is 0 Å². The molecule has 0 saturated carbocycles. The van der Waals surface area contributed by atoms with E-state index >= 15 is 0 Å². The molecule has 1 heterocycles. The molecule has 0 saturated heterocycles. The first kappa shape index (κ1) is 14.0. The third-order valence-electron chi connectivity index (χ3n) is 3.13. The van der Waals surface area contributed by atoms with Crippen molar-refractivity contribution in [3.05, 3.63) is 16.4 Å². The summed E-state index contributed by atoms with van der Waals surface area (Å²) < 4.78 is 1.69. The van der Waals surface area contributed by atoms with Gasteiger partial charge in [0.25, 0.3) is 0 Å². The van der Waals surface area contributed by atoms with Gasteiger partial charge in [0.1, 0.15) is 5.54 Å². The highest BCUT2D eigenvalue weighted by Gasteiger charge is 2.32. The normalized spacial score (nSPS) is 12.2. The second-order valence-electron chi connectivity index (χ2n) is 4.69. The average molecular weight is 260 g/mol. The summed E-state index contributed by atoms with van der Waals surface area (Å²) in [6, 6.07) is 0. The van der Waals surface area contributed by atoms with E-state index in [9.17, 15) is 4.79 Å². The largest absolute Gasteiger partial charge is 0.480 e. The topological polar surface area (TPSA) is 58.4 Å². The molecule has 0 aliphatic rings. The van der Waals surface area contributed by atoms with E-state index in [2.05, 4.69) is 5.10 Å². The SMILES string of the molecule is Cc1nn(C)c(CN(C)C(C)(C)C(=O)O)c1Cl. The van der Waals surface area contributed by atoms with Crippen LogP contribution in [0.4, 0.5) is 0 Å². The van der Waals surface area contributed by atoms with Crippen LogP contribution in [0.5, 0.6) is 0 Å². The van der Waals surface area contributed by atoms with Gasteiger partial charge in [-0.05, 0) is 27.8 Å². The molecule has 1 aromatic heterocycles. The average Bonchev–Trinajstić information content (AvgIpc) is 2.44. The molecule has 1 aromatic rings. The lowest BCUT2D eigenvalue weighted by Gasteiger charge is -2.31. The molecule has 1 N–H and O–H groups in total. The number of aryl methyl sites for hydroxylation is 2. The van der Waals surface area contributed by atoms with Crippen molar-refractivity contribution in [2.45, 2.75) is 32.9 Å². The Kier molecular flexibility index (Phi) is 3.84. The summed E-state index contributed by atoms with van der Waals surface area (Å²) in [5, 5.41) is 13.9. The zero-order chi connectivity index (χ0) is 13.4. The van der Waals surface area contributed by atoms with Crippen LogP contribution in [0.25, 0.3) is 0 Å². The van der Waals surface area contributed by atoms with E-state index in [0.29, 0.717) is 11.6 Å². The van der Waals surface area contributed by atoms with E-state index in [1.54, 1.807) is 37.5 Å². The highest BCUT2D eigenvalue weighted by molar-refractivity contribution is 6.31. The first-order valence-electron chi connectivity index (χ1n) is 5.30. The standard InChI is InChI=1S/C11H18ClN3O2/c1-7-9(12)8(15(5)13-7)6-14(4)11(2,3)10(16)17/h6H2,1-5H3,(H,16,17). The molecular weight excluding hydrogens is 242 g/mol. The lowest BCUT2D eigenvalue weighted by Crippen LogP contribution is -2.47. The molecule has 1 rings (SSSR count). The van der Waals surface area contributed by atoms with Crippen molar-refractivity contribution in [1.82, 2.24) is 14.7 Å². The molecule has 0 amide bonds. The van der Waals surface area contributed by atoms with Crippen molar-refractivity contribution < 1.29 is 9.90 Å². The minimum absolute atomic E-state index is 0.440. The predicted octanol–water partition coefficient (Wildman–Crippen LogP) is 1.68. The molecule has 0 aliphatic carbocycles. The number of likely N-dealkylation sites (N-methyl/N-ethyl adjacent to an activating group) is 1. The molecule has 0 atom stereocenters. The highest BCUT2D eigenvalue weighted by Crippen LogP contribution is 2.23. The van der Waals surface area contributed by atoms with E-state index in [1.807, 2.05) is 6.92 Å². The number of carboxylic acids is 1. The lowest BCUT2D eigenvalue weighted by atomic mass is 10.0. The van der Waals surface area contributed by atoms with Gasteiger partial charge < -0.3 is 5.11 Å². The Bertz CT molecular complexity index is 440. The van der Waals surface area contributed by atoms with E-state index in [-0.39, 0.29) is 0 Å². The fourth-order valence-electron chi connectivity index (χ4n) is 1.44. The molecule has 0 aliphatic heterocycles. The Morgan fingerprint density at radius 1 is 1.59 bits per heavy atom. The van der Waals surface area contributed by atoms with Crippen LogP contribution in [-0.4, -0.2) is 38.3 Å². The Morgan fingerprint density at radius 3 is 2.47 bits per heavy atom. The summed E-state index contributed by atoms with van der Waals surface area (Å²) in [6.07, 6.45) is 0. The maximum atomic E-state index is 11.1. The van der Waals surface area contributed by atoms with Gasteiger partial charge in [0.2, 0.25) is 0 Å². The van der Waals surface area contributed by atoms with Crippen LogP contribution in [0.2, 0.25) is 5.02 Å². The second kappa shape index (κ2) is 4.66. The fourth-order valence-corrected chi connectivity index (χ4v) is 1.66. The Balaban J connectivity index is 2.96. The summed E-state index contributed by atoms with van der Waals surface area (Å²) >= 11 is 6.13. The quantitative estimate of drug-likeness (QED) is 0.894. The number of hydrogen-bond acceptors (Lipinski definition) is 3. The highest BCUT2D eigenvalue weighted by atomic mass is 35.5. The maximum absolute atomic E-state index is 11.1. The number of rotatable bonds is 4. The van der Waals surface area contributed by atoms with Gasteiger partial charge in [0.05, 0.1) is 16.4 Å². The molecule has 0 aromatic carbocycles. The number of carboxylic acid groups (broad SMARTS) is 1. The van der Waals surface area contributed by atoms with Crippen molar-refractivity contribution in [1.29, 1.82) is 0 Å². The van der Waals surface area contributed by atoms with Crippen LogP contribution < -0.4 is 0 Å². The fraction of sp³-hybridized carbons (Fsp3) is 0.636. The molecule has 17 heavy (non-hydrogen) atoms. The van der Waals surface area contributed by atoms with Gasteiger partial charge in [-0.3, -0.25) is 14.4 Å². The second-order valence-corrected chi connectivity index (χ2v) is 5.07. The van der Waals surface area contributed by atoms with Gasteiger partial charge in [0, 0.05) is 13.6 Å². The first-order chi connectivity index (χ1) is 7.67. The molecule has 0 radical (unpaired) electrons. The maximum Gasteiger partial charge on any atom is 0.323 e. The number of aromatic nitrogens is 2. The van der Waals surface area contributed by atoms with Crippen LogP contribution in [0.1, 0.15) is 25.2 Å². The van der Waals surface area contributed by atoms with Crippen molar-refractivity contribution in [3.63, 3.8) is 0 Å². The summed E-state index contributed by atoms with van der Waals surface area (Å²) in [7, 11) is 3.56. The molecule has 0 spiro atoms. The van der Waals surface area contributed by atoms with Crippen molar-refractivity contribution in [3.8, 4) is 0 Å². The van der Waals surface area contributed by atoms with Crippen molar-refractivity contribution in [2.75, 3.05) is 7.05 Å². The van der Waals surface area contributed by atoms with Gasteiger partial charge in [-0.25, -0.2) is 0 Å². The monoisotopic (exact) mass is 259 g/mol. The van der Waals surface area contributed by atoms with Gasteiger partial charge >= 0.3 is 5.97 Å². The zero-order valence-electron chi connectivity index (χ0n) is 10.8. The third-order valence-corrected chi connectivity index (χ3v) is 3.62. The smallest absolute Gasteiger partial charge is 0.323 e. The molecule has 6 heteroatoms. The van der Waals surface area contributed by atoms with E-state index in [4.69, 9.17) is 16.7 Å². The molecule has 96 valence electrons. The van der Waals surface area contributed by atoms with Crippen molar-refractivity contribution in [2.24, 2.45) is 7.05 Å². The zero-order valence-corrected chi connectivity index (χ0v) is 11.5. The lowest BCUT2D eigenvalue weighted by molar-refractivity contribution is -0.148. The Labute approximate surface area is 106 Å². The predicted molar refractivity (Wildman–Crippen MR) is 66.1 cm³/mol. The number of nitrogens with zero attached hydrogens (tertiary/aromatic N) is 3. The van der Waals surface area contributed by atoms with Crippen LogP contribution in [-0.2, 0) is 18.4 Å². The first-order valence-corrected chi connectivity index (χ1v) is 5.68. The van der Waals surface area contributed by atoms with E-state index in [1.165, 1.54) is 0 Å². The Morgan fingerprint density at radius 2 is 2.12 bits per heavy atom. The molecular formula is C11H18ClN3O2. The summed E-state index contributed by atoms with van der Waals surface area (Å²) in [5.74, 6) is -0.866. The summed E-state index contributed by atoms with van der Waals surface area (Å²) in [4.78, 5) is 12.9. The minimum Gasteiger partial charge on any atom is -0.480 e. The van der Waals surface area contributed by atoms with Crippen LogP contribution in [0.15, 0.2) is 0 Å². The summed E-state index contributed by atoms with van der Waals surface area (Å²) in [6.45, 7) is 5.59. The minimum atomic E-state index is -0.943. The number of halogens is 1. The van der Waals surface area contributed by atoms with Gasteiger partial charge in [-0.15, -0.1) is 0 Å². The van der Waals surface area contributed by atoms with Crippen LogP contribution in [0.3, 0.4) is 0 Å². The van der Waals surface area contributed by atoms with Gasteiger partial charge in [-0.1, -0.05) is 11.6 Å². The Hall–Kier alpha value is -1.07. The number of carbonyl (C=O) groups is 1. The third kappa shape index (κ3) is 2.61. The van der Waals surface area contributed by atoms with Crippen LogP contribution >= 0.6 is 11.6 Å². The van der Waals surface area contributed by atoms with E-state index < -0.39 is 11.5 Å². The molecule has 5 nitrogen and oxygen atoms in total. The molecule has 0 fully saturated rings. The van der Waals surface area contributed by atoms with Crippen molar-refractivity contribution >= 4 is 17.6 Å².